The lowest BCUT2D eigenvalue weighted by Gasteiger charge is -2.10. The van der Waals surface area contributed by atoms with Gasteiger partial charge in [-0.3, -0.25) is 4.79 Å². The molecule has 0 saturated heterocycles. The molecule has 1 amide bonds. The van der Waals surface area contributed by atoms with Crippen LogP contribution in [0.2, 0.25) is 10.0 Å². The zero-order valence-electron chi connectivity index (χ0n) is 16.8. The normalized spacial score (nSPS) is 10.9. The van der Waals surface area contributed by atoms with Crippen LogP contribution in [0, 0.1) is 19.7 Å². The van der Waals surface area contributed by atoms with Gasteiger partial charge in [-0.2, -0.15) is 5.10 Å². The van der Waals surface area contributed by atoms with Crippen molar-refractivity contribution in [1.29, 1.82) is 0 Å². The second kappa shape index (κ2) is 8.53. The summed E-state index contributed by atoms with van der Waals surface area (Å²) in [5.41, 5.74) is 4.97. The van der Waals surface area contributed by atoms with Crippen molar-refractivity contribution in [3.63, 3.8) is 0 Å². The number of anilines is 1. The van der Waals surface area contributed by atoms with E-state index in [9.17, 15) is 9.18 Å². The van der Waals surface area contributed by atoms with Gasteiger partial charge in [0.1, 0.15) is 11.5 Å². The third kappa shape index (κ3) is 4.48. The summed E-state index contributed by atoms with van der Waals surface area (Å²) in [5, 5.41) is 8.24. The number of hydrogen-bond acceptors (Lipinski definition) is 2. The van der Waals surface area contributed by atoms with Crippen LogP contribution >= 0.6 is 23.2 Å². The minimum atomic E-state index is -0.347. The molecule has 0 aliphatic heterocycles. The molecule has 0 aliphatic carbocycles. The Bertz CT molecular complexity index is 1280. The van der Waals surface area contributed by atoms with Crippen LogP contribution in [0.5, 0.6) is 0 Å². The van der Waals surface area contributed by atoms with Crippen molar-refractivity contribution < 1.29 is 9.18 Å². The van der Waals surface area contributed by atoms with Crippen LogP contribution in [-0.4, -0.2) is 15.7 Å². The Morgan fingerprint density at radius 1 is 0.903 bits per heavy atom. The third-order valence-corrected chi connectivity index (χ3v) is 5.73. The lowest BCUT2D eigenvalue weighted by atomic mass is 10.1. The van der Waals surface area contributed by atoms with Crippen molar-refractivity contribution in [2.24, 2.45) is 0 Å². The Labute approximate surface area is 189 Å². The van der Waals surface area contributed by atoms with Gasteiger partial charge in [-0.1, -0.05) is 29.3 Å². The molecule has 1 N–H and O–H groups in total. The molecule has 1 aromatic heterocycles. The van der Waals surface area contributed by atoms with E-state index in [2.05, 4.69) is 10.4 Å². The molecule has 0 saturated carbocycles. The summed E-state index contributed by atoms with van der Waals surface area (Å²) < 4.78 is 14.8. The van der Waals surface area contributed by atoms with E-state index < -0.39 is 0 Å². The minimum Gasteiger partial charge on any atom is -0.321 e. The van der Waals surface area contributed by atoms with Gasteiger partial charge in [0.05, 0.1) is 21.4 Å². The Balaban J connectivity index is 1.78. The number of hydrogen-bond donors (Lipinski definition) is 1. The minimum absolute atomic E-state index is 0.302. The zero-order valence-corrected chi connectivity index (χ0v) is 18.3. The Morgan fingerprint density at radius 3 is 2.32 bits per heavy atom. The molecule has 4 rings (SSSR count). The summed E-state index contributed by atoms with van der Waals surface area (Å²) in [6, 6.07) is 18.3. The van der Waals surface area contributed by atoms with Gasteiger partial charge in [0.15, 0.2) is 0 Å². The molecule has 1 heterocycles. The van der Waals surface area contributed by atoms with Gasteiger partial charge in [0.2, 0.25) is 0 Å². The summed E-state index contributed by atoms with van der Waals surface area (Å²) in [5.74, 6) is -0.685. The molecule has 4 nitrogen and oxygen atoms in total. The third-order valence-electron chi connectivity index (χ3n) is 4.99. The molecule has 0 fully saturated rings. The van der Waals surface area contributed by atoms with Gasteiger partial charge in [-0.25, -0.2) is 9.07 Å². The van der Waals surface area contributed by atoms with Crippen molar-refractivity contribution in [3.05, 3.63) is 99.4 Å². The van der Waals surface area contributed by atoms with Crippen molar-refractivity contribution >= 4 is 34.8 Å². The van der Waals surface area contributed by atoms with Crippen LogP contribution in [0.3, 0.4) is 0 Å². The highest BCUT2D eigenvalue weighted by Gasteiger charge is 2.19. The molecular weight excluding hydrogens is 436 g/mol. The van der Waals surface area contributed by atoms with Gasteiger partial charge >= 0.3 is 0 Å². The monoisotopic (exact) mass is 453 g/mol. The Morgan fingerprint density at radius 2 is 1.65 bits per heavy atom. The number of aromatic nitrogens is 2. The van der Waals surface area contributed by atoms with E-state index in [1.54, 1.807) is 36.4 Å². The van der Waals surface area contributed by atoms with Gasteiger partial charge < -0.3 is 5.32 Å². The number of carbonyl (C=O) groups excluding carboxylic acids is 1. The highest BCUT2D eigenvalue weighted by molar-refractivity contribution is 6.42. The number of rotatable bonds is 4. The largest absolute Gasteiger partial charge is 0.321 e. The fourth-order valence-corrected chi connectivity index (χ4v) is 3.42. The molecule has 0 bridgehead atoms. The number of carbonyl (C=O) groups is 1. The topological polar surface area (TPSA) is 46.9 Å². The number of halogens is 3. The van der Waals surface area contributed by atoms with E-state index in [-0.39, 0.29) is 11.7 Å². The number of aryl methyl sites for hydroxylation is 2. The van der Waals surface area contributed by atoms with Crippen LogP contribution in [0.25, 0.3) is 16.9 Å². The lowest BCUT2D eigenvalue weighted by molar-refractivity contribution is 0.101. The van der Waals surface area contributed by atoms with Gasteiger partial charge in [-0.15, -0.1) is 0 Å². The molecular formula is C24H18Cl2FN3O. The maximum atomic E-state index is 13.3. The average Bonchev–Trinajstić information content (AvgIpc) is 3.19. The average molecular weight is 454 g/mol. The molecule has 7 heteroatoms. The van der Waals surface area contributed by atoms with E-state index in [0.29, 0.717) is 38.4 Å². The summed E-state index contributed by atoms with van der Waals surface area (Å²) in [4.78, 5) is 13.2. The van der Waals surface area contributed by atoms with Crippen molar-refractivity contribution in [2.75, 3.05) is 5.32 Å². The molecule has 3 aromatic carbocycles. The van der Waals surface area contributed by atoms with E-state index >= 15 is 0 Å². The first-order chi connectivity index (χ1) is 14.8. The smallest absolute Gasteiger partial charge is 0.274 e. The fraction of sp³-hybridized carbons (Fsp3) is 0.0833. The first kappa shape index (κ1) is 21.1. The molecule has 0 unspecified atom stereocenters. The van der Waals surface area contributed by atoms with Gasteiger partial charge in [-0.05, 0) is 85.6 Å². The molecule has 0 radical (unpaired) electrons. The standard InChI is InChI=1S/C24H18Cl2FN3O/c1-14-3-8-18(11-15(14)2)28-24(31)23-13-22(16-4-6-17(27)7-5-16)29-30(23)19-9-10-20(25)21(26)12-19/h3-13H,1-2H3,(H,28,31). The maximum absolute atomic E-state index is 13.3. The Hall–Kier alpha value is -3.15. The quantitative estimate of drug-likeness (QED) is 0.367. The maximum Gasteiger partial charge on any atom is 0.274 e. The molecule has 0 spiro atoms. The first-order valence-electron chi connectivity index (χ1n) is 9.52. The van der Waals surface area contributed by atoms with Crippen molar-refractivity contribution in [3.8, 4) is 16.9 Å². The van der Waals surface area contributed by atoms with Crippen LogP contribution in [-0.2, 0) is 0 Å². The highest BCUT2D eigenvalue weighted by Crippen LogP contribution is 2.28. The van der Waals surface area contributed by atoms with Crippen molar-refractivity contribution in [2.45, 2.75) is 13.8 Å². The van der Waals surface area contributed by atoms with Crippen LogP contribution in [0.15, 0.2) is 66.7 Å². The second-order valence-corrected chi connectivity index (χ2v) is 8.00. The number of benzene rings is 3. The molecule has 0 aliphatic rings. The van der Waals surface area contributed by atoms with Gasteiger partial charge in [0.25, 0.3) is 5.91 Å². The SMILES string of the molecule is Cc1ccc(NC(=O)c2cc(-c3ccc(F)cc3)nn2-c2ccc(Cl)c(Cl)c2)cc1C. The molecule has 0 atom stereocenters. The summed E-state index contributed by atoms with van der Waals surface area (Å²) in [7, 11) is 0. The lowest BCUT2D eigenvalue weighted by Crippen LogP contribution is -2.17. The first-order valence-corrected chi connectivity index (χ1v) is 10.3. The highest BCUT2D eigenvalue weighted by atomic mass is 35.5. The van der Waals surface area contributed by atoms with E-state index in [0.717, 1.165) is 11.1 Å². The van der Waals surface area contributed by atoms with Crippen LogP contribution in [0.4, 0.5) is 10.1 Å². The zero-order chi connectivity index (χ0) is 22.1. The molecule has 4 aromatic rings. The van der Waals surface area contributed by atoms with E-state index in [4.69, 9.17) is 23.2 Å². The summed E-state index contributed by atoms with van der Waals surface area (Å²) in [6.07, 6.45) is 0. The van der Waals surface area contributed by atoms with Crippen LogP contribution in [0.1, 0.15) is 21.6 Å². The predicted octanol–water partition coefficient (Wildman–Crippen LogP) is 6.85. The fourth-order valence-electron chi connectivity index (χ4n) is 3.13. The number of nitrogens with zero attached hydrogens (tertiary/aromatic N) is 2. The molecule has 31 heavy (non-hydrogen) atoms. The van der Waals surface area contributed by atoms with E-state index in [1.165, 1.54) is 16.8 Å². The molecule has 156 valence electrons. The predicted molar refractivity (Wildman–Crippen MR) is 123 cm³/mol. The second-order valence-electron chi connectivity index (χ2n) is 7.19. The van der Waals surface area contributed by atoms with E-state index in [1.807, 2.05) is 32.0 Å². The Kier molecular flexibility index (Phi) is 5.81. The summed E-state index contributed by atoms with van der Waals surface area (Å²) in [6.45, 7) is 3.99. The number of nitrogens with one attached hydrogen (secondary N) is 1. The van der Waals surface area contributed by atoms with Gasteiger partial charge in [0, 0.05) is 11.3 Å². The number of amides is 1. The van der Waals surface area contributed by atoms with Crippen molar-refractivity contribution in [1.82, 2.24) is 9.78 Å². The van der Waals surface area contributed by atoms with Crippen LogP contribution < -0.4 is 5.32 Å². The summed E-state index contributed by atoms with van der Waals surface area (Å²) >= 11 is 12.2.